The van der Waals surface area contributed by atoms with Gasteiger partial charge in [0.15, 0.2) is 6.10 Å². The number of hydrogen-bond donors (Lipinski definition) is 0. The van der Waals surface area contributed by atoms with Crippen LogP contribution in [0.3, 0.4) is 0 Å². The van der Waals surface area contributed by atoms with Crippen LogP contribution in [0.2, 0.25) is 0 Å². The largest absolute Gasteiger partial charge is 0.481 e. The first kappa shape index (κ1) is 15.4. The Kier molecular flexibility index (Phi) is 5.20. The van der Waals surface area contributed by atoms with Crippen LogP contribution in [0.5, 0.6) is 5.75 Å². The van der Waals surface area contributed by atoms with Gasteiger partial charge in [-0.25, -0.2) is 0 Å². The number of nitrogens with zero attached hydrogens (tertiary/aromatic N) is 1. The Morgan fingerprint density at radius 3 is 2.52 bits per heavy atom. The Hall–Kier alpha value is -2.04. The average Bonchev–Trinajstić information content (AvgIpc) is 3.30. The number of amides is 1. The van der Waals surface area contributed by atoms with Crippen molar-refractivity contribution in [1.82, 2.24) is 4.90 Å². The van der Waals surface area contributed by atoms with Gasteiger partial charge in [0.05, 0.1) is 6.61 Å². The summed E-state index contributed by atoms with van der Waals surface area (Å²) in [7, 11) is 0. The minimum atomic E-state index is -0.623. The van der Waals surface area contributed by atoms with Crippen molar-refractivity contribution in [2.75, 3.05) is 13.2 Å². The van der Waals surface area contributed by atoms with Gasteiger partial charge in [-0.1, -0.05) is 18.2 Å². The molecule has 0 radical (unpaired) electrons. The lowest BCUT2D eigenvalue weighted by atomic mass is 10.3. The minimum Gasteiger partial charge on any atom is -0.481 e. The molecule has 0 spiro atoms. The third-order valence-corrected chi connectivity index (χ3v) is 3.28. The number of benzene rings is 1. The van der Waals surface area contributed by atoms with Crippen molar-refractivity contribution in [2.45, 2.75) is 38.8 Å². The molecule has 0 bridgehead atoms. The van der Waals surface area contributed by atoms with E-state index in [4.69, 9.17) is 9.47 Å². The van der Waals surface area contributed by atoms with E-state index in [-0.39, 0.29) is 24.5 Å². The molecular weight excluding hydrogens is 270 g/mol. The van der Waals surface area contributed by atoms with Gasteiger partial charge in [0.25, 0.3) is 5.91 Å². The fraction of sp³-hybridized carbons (Fsp3) is 0.500. The molecule has 1 aliphatic carbocycles. The fourth-order valence-corrected chi connectivity index (χ4v) is 2.11. The smallest absolute Gasteiger partial charge is 0.325 e. The Morgan fingerprint density at radius 2 is 1.95 bits per heavy atom. The van der Waals surface area contributed by atoms with Crippen molar-refractivity contribution in [1.29, 1.82) is 0 Å². The normalized spacial score (nSPS) is 15.1. The van der Waals surface area contributed by atoms with E-state index in [9.17, 15) is 9.59 Å². The predicted octanol–water partition coefficient (Wildman–Crippen LogP) is 2.01. The third kappa shape index (κ3) is 4.48. The summed E-state index contributed by atoms with van der Waals surface area (Å²) in [5.41, 5.74) is 0. The molecule has 1 aliphatic rings. The van der Waals surface area contributed by atoms with Crippen LogP contribution >= 0.6 is 0 Å². The number of esters is 1. The van der Waals surface area contributed by atoms with Gasteiger partial charge in [-0.2, -0.15) is 0 Å². The van der Waals surface area contributed by atoms with Gasteiger partial charge in [-0.15, -0.1) is 0 Å². The zero-order valence-electron chi connectivity index (χ0n) is 12.5. The monoisotopic (exact) mass is 291 g/mol. The molecular formula is C16H21NO4. The highest BCUT2D eigenvalue weighted by Crippen LogP contribution is 2.27. The van der Waals surface area contributed by atoms with Crippen LogP contribution in [0.15, 0.2) is 30.3 Å². The molecule has 114 valence electrons. The summed E-state index contributed by atoms with van der Waals surface area (Å²) >= 11 is 0. The minimum absolute atomic E-state index is 0.000169. The predicted molar refractivity (Wildman–Crippen MR) is 77.9 cm³/mol. The highest BCUT2D eigenvalue weighted by molar-refractivity contribution is 5.85. The maximum atomic E-state index is 12.5. The molecule has 1 unspecified atom stereocenters. The number of carbonyl (C=O) groups excluding carboxylic acids is 2. The zero-order valence-corrected chi connectivity index (χ0v) is 12.5. The first-order valence-corrected chi connectivity index (χ1v) is 7.29. The molecule has 0 aromatic heterocycles. The quantitative estimate of drug-likeness (QED) is 0.721. The van der Waals surface area contributed by atoms with E-state index in [2.05, 4.69) is 0 Å². The molecule has 1 amide bonds. The van der Waals surface area contributed by atoms with Gasteiger partial charge in [-0.05, 0) is 38.8 Å². The lowest BCUT2D eigenvalue weighted by molar-refractivity contribution is -0.151. The van der Waals surface area contributed by atoms with Crippen molar-refractivity contribution >= 4 is 11.9 Å². The Labute approximate surface area is 124 Å². The lowest BCUT2D eigenvalue weighted by Gasteiger charge is -2.25. The van der Waals surface area contributed by atoms with Gasteiger partial charge < -0.3 is 14.4 Å². The summed E-state index contributed by atoms with van der Waals surface area (Å²) in [6.45, 7) is 3.78. The van der Waals surface area contributed by atoms with Crippen LogP contribution in [0, 0.1) is 0 Å². The second-order valence-electron chi connectivity index (χ2n) is 5.08. The van der Waals surface area contributed by atoms with Crippen LogP contribution in [0.1, 0.15) is 26.7 Å². The van der Waals surface area contributed by atoms with Crippen molar-refractivity contribution in [3.05, 3.63) is 30.3 Å². The van der Waals surface area contributed by atoms with Crippen molar-refractivity contribution in [3.63, 3.8) is 0 Å². The Morgan fingerprint density at radius 1 is 1.29 bits per heavy atom. The van der Waals surface area contributed by atoms with Gasteiger partial charge in [0.1, 0.15) is 12.3 Å². The molecule has 0 heterocycles. The van der Waals surface area contributed by atoms with E-state index >= 15 is 0 Å². The highest BCUT2D eigenvalue weighted by atomic mass is 16.5. The Bertz CT molecular complexity index is 484. The molecule has 21 heavy (non-hydrogen) atoms. The second kappa shape index (κ2) is 7.11. The standard InChI is InChI=1S/C16H21NO4/c1-3-20-15(18)11-17(13-9-10-13)16(19)12(2)21-14-7-5-4-6-8-14/h4-8,12-13H,3,9-11H2,1-2H3. The van der Waals surface area contributed by atoms with Crippen molar-refractivity contribution in [2.24, 2.45) is 0 Å². The van der Waals surface area contributed by atoms with E-state index in [1.54, 1.807) is 30.9 Å². The average molecular weight is 291 g/mol. The number of carbonyl (C=O) groups is 2. The van der Waals surface area contributed by atoms with E-state index in [0.29, 0.717) is 12.4 Å². The first-order valence-electron chi connectivity index (χ1n) is 7.29. The first-order chi connectivity index (χ1) is 10.1. The highest BCUT2D eigenvalue weighted by Gasteiger charge is 2.36. The summed E-state index contributed by atoms with van der Waals surface area (Å²) in [6, 6.07) is 9.33. The Balaban J connectivity index is 1.96. The van der Waals surface area contributed by atoms with Gasteiger partial charge in [0, 0.05) is 6.04 Å². The fourth-order valence-electron chi connectivity index (χ4n) is 2.11. The molecule has 0 aliphatic heterocycles. The maximum absolute atomic E-state index is 12.5. The maximum Gasteiger partial charge on any atom is 0.325 e. The molecule has 1 fully saturated rings. The SMILES string of the molecule is CCOC(=O)CN(C(=O)C(C)Oc1ccccc1)C1CC1. The van der Waals surface area contributed by atoms with Crippen LogP contribution in [-0.4, -0.2) is 42.1 Å². The topological polar surface area (TPSA) is 55.8 Å². The van der Waals surface area contributed by atoms with Crippen LogP contribution in [-0.2, 0) is 14.3 Å². The molecule has 2 rings (SSSR count). The third-order valence-electron chi connectivity index (χ3n) is 3.28. The summed E-state index contributed by atoms with van der Waals surface area (Å²) in [6.07, 6.45) is 1.24. The molecule has 5 nitrogen and oxygen atoms in total. The summed E-state index contributed by atoms with van der Waals surface area (Å²) in [5, 5.41) is 0. The van der Waals surface area contributed by atoms with Crippen LogP contribution in [0.4, 0.5) is 0 Å². The molecule has 1 aromatic rings. The number of para-hydroxylation sites is 1. The molecule has 0 saturated heterocycles. The number of ether oxygens (including phenoxy) is 2. The summed E-state index contributed by atoms with van der Waals surface area (Å²) in [5.74, 6) is 0.101. The lowest BCUT2D eigenvalue weighted by Crippen LogP contribution is -2.44. The van der Waals surface area contributed by atoms with Gasteiger partial charge in [-0.3, -0.25) is 9.59 Å². The number of hydrogen-bond acceptors (Lipinski definition) is 4. The molecule has 5 heteroatoms. The van der Waals surface area contributed by atoms with Gasteiger partial charge in [0.2, 0.25) is 0 Å². The van der Waals surface area contributed by atoms with E-state index in [0.717, 1.165) is 12.8 Å². The van der Waals surface area contributed by atoms with Crippen LogP contribution < -0.4 is 4.74 Å². The van der Waals surface area contributed by atoms with Gasteiger partial charge >= 0.3 is 5.97 Å². The zero-order chi connectivity index (χ0) is 15.2. The van der Waals surface area contributed by atoms with E-state index in [1.165, 1.54) is 0 Å². The van der Waals surface area contributed by atoms with Crippen molar-refractivity contribution in [3.8, 4) is 5.75 Å². The van der Waals surface area contributed by atoms with Crippen molar-refractivity contribution < 1.29 is 19.1 Å². The van der Waals surface area contributed by atoms with E-state index in [1.807, 2.05) is 18.2 Å². The van der Waals surface area contributed by atoms with E-state index < -0.39 is 6.10 Å². The summed E-state index contributed by atoms with van der Waals surface area (Å²) < 4.78 is 10.6. The van der Waals surface area contributed by atoms with Crippen LogP contribution in [0.25, 0.3) is 0 Å². The molecule has 0 N–H and O–H groups in total. The molecule has 1 saturated carbocycles. The summed E-state index contributed by atoms with van der Waals surface area (Å²) in [4.78, 5) is 25.7. The molecule has 1 atom stereocenters. The second-order valence-corrected chi connectivity index (χ2v) is 5.08. The molecule has 1 aromatic carbocycles. The number of rotatable bonds is 7.